The van der Waals surface area contributed by atoms with Gasteiger partial charge in [-0.25, -0.2) is 4.99 Å². The van der Waals surface area contributed by atoms with E-state index in [2.05, 4.69) is 5.32 Å². The van der Waals surface area contributed by atoms with Crippen molar-refractivity contribution >= 4 is 34.8 Å². The summed E-state index contributed by atoms with van der Waals surface area (Å²) in [4.78, 5) is 32.9. The molecule has 1 N–H and O–H groups in total. The molecule has 156 valence electrons. The molecule has 3 aromatic carbocycles. The molecule has 4 rings (SSSR count). The number of rotatable bonds is 4. The normalized spacial score (nSPS) is 15.9. The topological polar surface area (TPSA) is 61.8 Å². The molecule has 0 spiro atoms. The van der Waals surface area contributed by atoms with Gasteiger partial charge in [-0.15, -0.1) is 0 Å². The lowest BCUT2D eigenvalue weighted by molar-refractivity contribution is -0.120. The second-order valence-electron chi connectivity index (χ2n) is 7.55. The van der Waals surface area contributed by atoms with Crippen LogP contribution in [0.25, 0.3) is 0 Å². The number of hydrogen-bond donors (Lipinski definition) is 1. The molecule has 0 aliphatic carbocycles. The molecule has 1 atom stereocenters. The smallest absolute Gasteiger partial charge is 0.272 e. The average Bonchev–Trinajstić information content (AvgIpc) is 2.89. The fourth-order valence-corrected chi connectivity index (χ4v) is 3.78. The summed E-state index contributed by atoms with van der Waals surface area (Å²) in [7, 11) is 0. The predicted molar refractivity (Wildman–Crippen MR) is 124 cm³/mol. The molecule has 1 aliphatic heterocycles. The second-order valence-corrected chi connectivity index (χ2v) is 7.98. The van der Waals surface area contributed by atoms with Crippen LogP contribution in [0.1, 0.15) is 35.3 Å². The first-order chi connectivity index (χ1) is 15.0. The number of anilines is 1. The monoisotopic (exact) mass is 431 g/mol. The van der Waals surface area contributed by atoms with Crippen molar-refractivity contribution in [3.63, 3.8) is 0 Å². The number of fused-ring (bicyclic) bond motifs is 1. The summed E-state index contributed by atoms with van der Waals surface area (Å²) in [6.07, 6.45) is -1.06. The lowest BCUT2D eigenvalue weighted by Gasteiger charge is -2.29. The summed E-state index contributed by atoms with van der Waals surface area (Å²) in [5, 5.41) is 3.34. The molecular weight excluding hydrogens is 410 g/mol. The van der Waals surface area contributed by atoms with E-state index in [1.165, 1.54) is 0 Å². The Morgan fingerprint density at radius 2 is 1.61 bits per heavy atom. The Balaban J connectivity index is 1.81. The van der Waals surface area contributed by atoms with Crippen LogP contribution in [0.3, 0.4) is 0 Å². The van der Waals surface area contributed by atoms with Gasteiger partial charge in [0.1, 0.15) is 0 Å². The first-order valence-corrected chi connectivity index (χ1v) is 10.5. The molecule has 2 amide bonds. The van der Waals surface area contributed by atoms with E-state index in [4.69, 9.17) is 16.6 Å². The Morgan fingerprint density at radius 3 is 2.29 bits per heavy atom. The number of amides is 2. The molecule has 0 fully saturated rings. The van der Waals surface area contributed by atoms with Gasteiger partial charge in [-0.1, -0.05) is 60.1 Å². The van der Waals surface area contributed by atoms with Gasteiger partial charge in [0.05, 0.1) is 11.4 Å². The number of nitrogens with one attached hydrogen (secondary N) is 1. The van der Waals surface area contributed by atoms with E-state index in [1.807, 2.05) is 68.4 Å². The number of hydrogen-bond acceptors (Lipinski definition) is 3. The van der Waals surface area contributed by atoms with Crippen molar-refractivity contribution in [2.24, 2.45) is 4.99 Å². The van der Waals surface area contributed by atoms with Crippen molar-refractivity contribution in [1.29, 1.82) is 0 Å². The van der Waals surface area contributed by atoms with Gasteiger partial charge < -0.3 is 10.2 Å². The highest BCUT2D eigenvalue weighted by molar-refractivity contribution is 6.30. The molecule has 5 nitrogen and oxygen atoms in total. The van der Waals surface area contributed by atoms with Gasteiger partial charge in [-0.2, -0.15) is 0 Å². The third-order valence-electron chi connectivity index (χ3n) is 5.09. The summed E-state index contributed by atoms with van der Waals surface area (Å²) >= 11 is 5.93. The van der Waals surface area contributed by atoms with Gasteiger partial charge in [0.2, 0.25) is 6.17 Å². The van der Waals surface area contributed by atoms with Crippen LogP contribution >= 0.6 is 11.6 Å². The van der Waals surface area contributed by atoms with Crippen LogP contribution in [0.2, 0.25) is 5.02 Å². The van der Waals surface area contributed by atoms with E-state index < -0.39 is 6.17 Å². The van der Waals surface area contributed by atoms with Crippen molar-refractivity contribution in [3.8, 4) is 0 Å². The largest absolute Gasteiger partial charge is 0.322 e. The predicted octanol–water partition coefficient (Wildman–Crippen LogP) is 4.69. The van der Waals surface area contributed by atoms with E-state index in [1.54, 1.807) is 29.2 Å². The zero-order valence-corrected chi connectivity index (χ0v) is 18.0. The van der Waals surface area contributed by atoms with Gasteiger partial charge in [0.15, 0.2) is 0 Å². The summed E-state index contributed by atoms with van der Waals surface area (Å²) in [5.74, 6) is -0.670. The molecule has 0 bridgehead atoms. The van der Waals surface area contributed by atoms with Crippen molar-refractivity contribution < 1.29 is 9.59 Å². The third kappa shape index (κ3) is 4.23. The highest BCUT2D eigenvalue weighted by Gasteiger charge is 2.34. The first-order valence-electron chi connectivity index (χ1n) is 10.1. The van der Waals surface area contributed by atoms with Crippen LogP contribution in [-0.2, 0) is 4.79 Å². The highest BCUT2D eigenvalue weighted by Crippen LogP contribution is 2.29. The van der Waals surface area contributed by atoms with E-state index in [0.29, 0.717) is 16.3 Å². The first kappa shape index (κ1) is 20.8. The lowest BCUT2D eigenvalue weighted by Crippen LogP contribution is -2.49. The summed E-state index contributed by atoms with van der Waals surface area (Å²) in [5.41, 5.74) is 3.56. The van der Waals surface area contributed by atoms with Crippen molar-refractivity contribution in [2.75, 3.05) is 4.90 Å². The standard InChI is InChI=1S/C25H22ClN3O2/c1-16(2)29-21-11-7-6-10-20(21)22(17-8-4-3-5-9-17)27-23(25(29)31)28-24(30)18-12-14-19(26)15-13-18/h3-16,23H,1-2H3,(H,28,30). The van der Waals surface area contributed by atoms with E-state index >= 15 is 0 Å². The third-order valence-corrected chi connectivity index (χ3v) is 5.34. The van der Waals surface area contributed by atoms with Gasteiger partial charge in [-0.3, -0.25) is 9.59 Å². The van der Waals surface area contributed by atoms with Gasteiger partial charge >= 0.3 is 0 Å². The maximum atomic E-state index is 13.5. The van der Waals surface area contributed by atoms with Gasteiger partial charge in [0, 0.05) is 27.8 Å². The quantitative estimate of drug-likeness (QED) is 0.651. The molecule has 1 aliphatic rings. The number of halogens is 1. The Hall–Kier alpha value is -3.44. The second kappa shape index (κ2) is 8.74. The molecule has 0 aromatic heterocycles. The molecule has 0 radical (unpaired) electrons. The van der Waals surface area contributed by atoms with Crippen molar-refractivity contribution in [1.82, 2.24) is 5.32 Å². The van der Waals surface area contributed by atoms with Crippen LogP contribution in [-0.4, -0.2) is 29.7 Å². The van der Waals surface area contributed by atoms with Crippen LogP contribution in [0.5, 0.6) is 0 Å². The maximum absolute atomic E-state index is 13.5. The molecule has 0 saturated heterocycles. The van der Waals surface area contributed by atoms with Crippen LogP contribution in [0.15, 0.2) is 83.9 Å². The van der Waals surface area contributed by atoms with Crippen molar-refractivity contribution in [3.05, 3.63) is 101 Å². The van der Waals surface area contributed by atoms with Crippen LogP contribution < -0.4 is 10.2 Å². The summed E-state index contributed by atoms with van der Waals surface area (Å²) in [6.45, 7) is 3.89. The number of para-hydroxylation sites is 1. The minimum atomic E-state index is -1.06. The van der Waals surface area contributed by atoms with Gasteiger partial charge in [0.25, 0.3) is 11.8 Å². The molecule has 1 unspecified atom stereocenters. The zero-order chi connectivity index (χ0) is 22.0. The van der Waals surface area contributed by atoms with E-state index in [0.717, 1.165) is 16.8 Å². The number of benzodiazepines with no additional fused rings is 1. The van der Waals surface area contributed by atoms with E-state index in [9.17, 15) is 9.59 Å². The molecule has 6 heteroatoms. The molecular formula is C25H22ClN3O2. The Labute approximate surface area is 186 Å². The fraction of sp³-hybridized carbons (Fsp3) is 0.160. The van der Waals surface area contributed by atoms with E-state index in [-0.39, 0.29) is 17.9 Å². The summed E-state index contributed by atoms with van der Waals surface area (Å²) in [6, 6.07) is 23.8. The number of carbonyl (C=O) groups excluding carboxylic acids is 2. The molecule has 3 aromatic rings. The minimum Gasteiger partial charge on any atom is -0.322 e. The maximum Gasteiger partial charge on any atom is 0.272 e. The molecule has 31 heavy (non-hydrogen) atoms. The SMILES string of the molecule is CC(C)N1C(=O)C(NC(=O)c2ccc(Cl)cc2)N=C(c2ccccc2)c2ccccc21. The molecule has 0 saturated carbocycles. The number of nitrogens with zero attached hydrogens (tertiary/aromatic N) is 2. The van der Waals surface area contributed by atoms with Crippen LogP contribution in [0.4, 0.5) is 5.69 Å². The average molecular weight is 432 g/mol. The Bertz CT molecular complexity index is 1140. The molecule has 1 heterocycles. The van der Waals surface area contributed by atoms with Crippen LogP contribution in [0, 0.1) is 0 Å². The summed E-state index contributed by atoms with van der Waals surface area (Å²) < 4.78 is 0. The lowest BCUT2D eigenvalue weighted by atomic mass is 10.00. The van der Waals surface area contributed by atoms with Gasteiger partial charge in [-0.05, 0) is 44.2 Å². The number of carbonyl (C=O) groups is 2. The fourth-order valence-electron chi connectivity index (χ4n) is 3.65. The number of benzene rings is 3. The Kier molecular flexibility index (Phi) is 5.87. The van der Waals surface area contributed by atoms with Crippen molar-refractivity contribution in [2.45, 2.75) is 26.1 Å². The minimum absolute atomic E-state index is 0.117. The zero-order valence-electron chi connectivity index (χ0n) is 17.2. The number of aliphatic imine (C=N–C) groups is 1. The Morgan fingerprint density at radius 1 is 0.968 bits per heavy atom. The highest BCUT2D eigenvalue weighted by atomic mass is 35.5.